The van der Waals surface area contributed by atoms with Gasteiger partial charge in [0.05, 0.1) is 45.5 Å². The Balaban J connectivity index is 1.68. The van der Waals surface area contributed by atoms with Crippen LogP contribution in [0.4, 0.5) is 9.59 Å². The minimum Gasteiger partial charge on any atom is -0.493 e. The second-order valence-corrected chi connectivity index (χ2v) is 7.10. The van der Waals surface area contributed by atoms with Crippen LogP contribution in [0.15, 0.2) is 24.3 Å². The number of methoxy groups -OCH3 is 1. The standard InChI is InChI=1S/C21H26N2O8/c1-4-27-20(24)22-23(21(25)28-5-2)14-6-7-15-17(14)13-10-12(19-29-8-9-30-19)11-16(26-3)18(13)31-15/h6-7,10-11,14-15,17,19H,4-5,8-9H2,1-3H3,(H,22,24)/t14-,15-,17+/m1/s1. The molecule has 10 heteroatoms. The molecule has 2 amide bonds. The Morgan fingerprint density at radius 2 is 1.87 bits per heavy atom. The Morgan fingerprint density at radius 3 is 2.55 bits per heavy atom. The third kappa shape index (κ3) is 4.00. The van der Waals surface area contributed by atoms with E-state index in [9.17, 15) is 9.59 Å². The lowest BCUT2D eigenvalue weighted by molar-refractivity contribution is -0.0442. The van der Waals surface area contributed by atoms with Crippen LogP contribution < -0.4 is 14.9 Å². The molecule has 0 saturated carbocycles. The second-order valence-electron chi connectivity index (χ2n) is 7.10. The monoisotopic (exact) mass is 434 g/mol. The van der Waals surface area contributed by atoms with Gasteiger partial charge in [0.1, 0.15) is 6.10 Å². The smallest absolute Gasteiger partial charge is 0.429 e. The average Bonchev–Trinajstić information content (AvgIpc) is 3.49. The topological polar surface area (TPSA) is 105 Å². The number of nitrogens with zero attached hydrogens (tertiary/aromatic N) is 1. The minimum atomic E-state index is -0.745. The van der Waals surface area contributed by atoms with Crippen LogP contribution in [0, 0.1) is 0 Å². The Kier molecular flexibility index (Phi) is 6.19. The molecule has 0 bridgehead atoms. The number of benzene rings is 1. The highest BCUT2D eigenvalue weighted by atomic mass is 16.7. The maximum Gasteiger partial charge on any atom is 0.429 e. The number of carbonyl (C=O) groups is 2. The van der Waals surface area contributed by atoms with Crippen molar-refractivity contribution in [2.75, 3.05) is 33.5 Å². The fourth-order valence-corrected chi connectivity index (χ4v) is 4.07. The van der Waals surface area contributed by atoms with Gasteiger partial charge < -0.3 is 28.4 Å². The lowest BCUT2D eigenvalue weighted by Gasteiger charge is -2.30. The number of fused-ring (bicyclic) bond motifs is 3. The number of amides is 2. The summed E-state index contributed by atoms with van der Waals surface area (Å²) in [5, 5.41) is 1.14. The van der Waals surface area contributed by atoms with E-state index in [1.165, 1.54) is 0 Å². The first kappa shape index (κ1) is 21.3. The Morgan fingerprint density at radius 1 is 1.13 bits per heavy atom. The number of hydrogen-bond acceptors (Lipinski definition) is 8. The molecule has 3 aliphatic rings. The summed E-state index contributed by atoms with van der Waals surface area (Å²) < 4.78 is 33.1. The first-order valence-electron chi connectivity index (χ1n) is 10.3. The number of hydrogen-bond donors (Lipinski definition) is 1. The van der Waals surface area contributed by atoms with E-state index in [0.717, 1.165) is 16.1 Å². The van der Waals surface area contributed by atoms with Gasteiger partial charge in [-0.05, 0) is 32.1 Å². The highest BCUT2D eigenvalue weighted by Gasteiger charge is 2.47. The van der Waals surface area contributed by atoms with Crippen molar-refractivity contribution in [3.8, 4) is 11.5 Å². The number of ether oxygens (including phenoxy) is 6. The van der Waals surface area contributed by atoms with E-state index in [1.807, 2.05) is 24.3 Å². The number of nitrogens with one attached hydrogen (secondary N) is 1. The van der Waals surface area contributed by atoms with Crippen molar-refractivity contribution in [2.24, 2.45) is 0 Å². The zero-order valence-electron chi connectivity index (χ0n) is 17.7. The molecule has 31 heavy (non-hydrogen) atoms. The molecule has 0 aromatic heterocycles. The first-order valence-corrected chi connectivity index (χ1v) is 10.3. The summed E-state index contributed by atoms with van der Waals surface area (Å²) in [7, 11) is 1.56. The van der Waals surface area contributed by atoms with Crippen LogP contribution in [0.3, 0.4) is 0 Å². The molecule has 1 aromatic rings. The van der Waals surface area contributed by atoms with Gasteiger partial charge in [-0.1, -0.05) is 6.08 Å². The Bertz CT molecular complexity index is 867. The molecular weight excluding hydrogens is 408 g/mol. The molecule has 168 valence electrons. The molecule has 0 unspecified atom stereocenters. The van der Waals surface area contributed by atoms with Gasteiger partial charge in [-0.2, -0.15) is 0 Å². The molecule has 1 aliphatic carbocycles. The Hall–Kier alpha value is -2.98. The third-order valence-corrected chi connectivity index (χ3v) is 5.30. The number of carbonyl (C=O) groups excluding carboxylic acids is 2. The van der Waals surface area contributed by atoms with Crippen molar-refractivity contribution in [2.45, 2.75) is 38.2 Å². The third-order valence-electron chi connectivity index (χ3n) is 5.30. The molecule has 2 heterocycles. The van der Waals surface area contributed by atoms with Gasteiger partial charge in [0, 0.05) is 11.1 Å². The molecule has 3 atom stereocenters. The van der Waals surface area contributed by atoms with Gasteiger partial charge in [0.15, 0.2) is 17.8 Å². The molecule has 10 nitrogen and oxygen atoms in total. The van der Waals surface area contributed by atoms with Crippen molar-refractivity contribution < 1.29 is 38.0 Å². The number of rotatable bonds is 5. The molecule has 1 N–H and O–H groups in total. The maximum atomic E-state index is 12.7. The SMILES string of the molecule is CCOC(=O)NN(C(=O)OCC)[C@@H]1C=C[C@H]2Oc3c(OC)cc(C4OCCO4)cc3[C@@H]12. The van der Waals surface area contributed by atoms with Gasteiger partial charge in [-0.3, -0.25) is 0 Å². The molecule has 0 spiro atoms. The van der Waals surface area contributed by atoms with E-state index < -0.39 is 24.5 Å². The van der Waals surface area contributed by atoms with E-state index in [0.29, 0.717) is 24.7 Å². The van der Waals surface area contributed by atoms with Crippen molar-refractivity contribution in [1.82, 2.24) is 10.4 Å². The van der Waals surface area contributed by atoms with E-state index in [4.69, 9.17) is 28.4 Å². The zero-order chi connectivity index (χ0) is 22.0. The summed E-state index contributed by atoms with van der Waals surface area (Å²) in [4.78, 5) is 24.8. The zero-order valence-corrected chi connectivity index (χ0v) is 17.7. The van der Waals surface area contributed by atoms with Crippen molar-refractivity contribution in [3.05, 3.63) is 35.4 Å². The van der Waals surface area contributed by atoms with Crippen molar-refractivity contribution in [3.63, 3.8) is 0 Å². The van der Waals surface area contributed by atoms with Gasteiger partial charge in [-0.15, -0.1) is 0 Å². The van der Waals surface area contributed by atoms with Crippen LogP contribution in [-0.2, 0) is 18.9 Å². The molecule has 2 aliphatic heterocycles. The predicted molar refractivity (Wildman–Crippen MR) is 107 cm³/mol. The maximum absolute atomic E-state index is 12.7. The molecule has 1 aromatic carbocycles. The highest BCUT2D eigenvalue weighted by Crippen LogP contribution is 2.51. The van der Waals surface area contributed by atoms with E-state index >= 15 is 0 Å². The summed E-state index contributed by atoms with van der Waals surface area (Å²) in [5.41, 5.74) is 4.12. The van der Waals surface area contributed by atoms with Gasteiger partial charge in [0.25, 0.3) is 0 Å². The van der Waals surface area contributed by atoms with Gasteiger partial charge in [0.2, 0.25) is 0 Å². The fraction of sp³-hybridized carbons (Fsp3) is 0.524. The molecule has 1 fully saturated rings. The summed E-state index contributed by atoms with van der Waals surface area (Å²) in [6.07, 6.45) is 1.40. The second kappa shape index (κ2) is 9.03. The number of hydrazine groups is 1. The lowest BCUT2D eigenvalue weighted by Crippen LogP contribution is -2.53. The molecular formula is C21H26N2O8. The van der Waals surface area contributed by atoms with Crippen LogP contribution in [0.25, 0.3) is 0 Å². The highest BCUT2D eigenvalue weighted by molar-refractivity contribution is 5.75. The average molecular weight is 434 g/mol. The van der Waals surface area contributed by atoms with Gasteiger partial charge in [-0.25, -0.2) is 20.0 Å². The lowest BCUT2D eigenvalue weighted by atomic mass is 9.91. The first-order chi connectivity index (χ1) is 15.1. The predicted octanol–water partition coefficient (Wildman–Crippen LogP) is 2.64. The van der Waals surface area contributed by atoms with E-state index in [2.05, 4.69) is 5.43 Å². The normalized spacial score (nSPS) is 23.6. The summed E-state index contributed by atoms with van der Waals surface area (Å²) in [6.45, 7) is 4.73. The molecule has 1 saturated heterocycles. The quantitative estimate of drug-likeness (QED) is 0.557. The van der Waals surface area contributed by atoms with Gasteiger partial charge >= 0.3 is 12.2 Å². The van der Waals surface area contributed by atoms with E-state index in [-0.39, 0.29) is 25.2 Å². The molecule has 0 radical (unpaired) electrons. The van der Waals surface area contributed by atoms with Crippen LogP contribution in [0.1, 0.15) is 37.2 Å². The summed E-state index contributed by atoms with van der Waals surface area (Å²) >= 11 is 0. The summed E-state index contributed by atoms with van der Waals surface area (Å²) in [6, 6.07) is 3.21. The Labute approximate surface area is 179 Å². The van der Waals surface area contributed by atoms with Crippen LogP contribution in [0.5, 0.6) is 11.5 Å². The van der Waals surface area contributed by atoms with Crippen LogP contribution >= 0.6 is 0 Å². The largest absolute Gasteiger partial charge is 0.493 e. The van der Waals surface area contributed by atoms with E-state index in [1.54, 1.807) is 21.0 Å². The fourth-order valence-electron chi connectivity index (χ4n) is 4.07. The minimum absolute atomic E-state index is 0.159. The van der Waals surface area contributed by atoms with Crippen molar-refractivity contribution >= 4 is 12.2 Å². The summed E-state index contributed by atoms with van der Waals surface area (Å²) in [5.74, 6) is 0.847. The van der Waals surface area contributed by atoms with Crippen molar-refractivity contribution in [1.29, 1.82) is 0 Å². The molecule has 4 rings (SSSR count). The van der Waals surface area contributed by atoms with Crippen LogP contribution in [0.2, 0.25) is 0 Å². The van der Waals surface area contributed by atoms with Crippen LogP contribution in [-0.4, -0.2) is 62.9 Å².